The molecule has 0 heteroatoms. The summed E-state index contributed by atoms with van der Waals surface area (Å²) in [4.78, 5) is 0. The number of allylic oxidation sites excluding steroid dienone is 3. The Bertz CT molecular complexity index is 1220. The Balaban J connectivity index is 1.70. The molecule has 0 nitrogen and oxygen atoms in total. The predicted octanol–water partition coefficient (Wildman–Crippen LogP) is 11.4. The molecule has 4 bridgehead atoms. The number of benzene rings is 3. The molecule has 3 aliphatic rings. The van der Waals surface area contributed by atoms with Crippen LogP contribution in [0.15, 0.2) is 96.7 Å². The molecule has 39 heavy (non-hydrogen) atoms. The van der Waals surface area contributed by atoms with Crippen molar-refractivity contribution in [2.75, 3.05) is 0 Å². The minimum Gasteiger partial charge on any atom is -0.107 e. The van der Waals surface area contributed by atoms with Crippen LogP contribution in [0.5, 0.6) is 0 Å². The van der Waals surface area contributed by atoms with Crippen LogP contribution in [0.2, 0.25) is 0 Å². The van der Waals surface area contributed by atoms with E-state index in [-0.39, 0.29) is 5.41 Å². The Labute approximate surface area is 238 Å². The molecule has 0 amide bonds. The third-order valence-corrected chi connectivity index (χ3v) is 7.89. The monoisotopic (exact) mass is 516 g/mol. The third kappa shape index (κ3) is 9.26. The van der Waals surface area contributed by atoms with Crippen molar-refractivity contribution >= 4 is 11.1 Å². The van der Waals surface area contributed by atoms with Crippen molar-refractivity contribution in [1.29, 1.82) is 0 Å². The molecule has 0 atom stereocenters. The number of hydrogen-bond acceptors (Lipinski definition) is 0. The van der Waals surface area contributed by atoms with Gasteiger partial charge in [-0.2, -0.15) is 0 Å². The zero-order valence-electron chi connectivity index (χ0n) is 24.6. The van der Waals surface area contributed by atoms with Crippen LogP contribution in [0.3, 0.4) is 0 Å². The molecule has 204 valence electrons. The number of fused-ring (bicyclic) bond motifs is 2. The average molecular weight is 517 g/mol. The van der Waals surface area contributed by atoms with Gasteiger partial charge in [-0.15, -0.1) is 5.73 Å². The molecular weight excluding hydrogens is 468 g/mol. The van der Waals surface area contributed by atoms with Gasteiger partial charge in [-0.3, -0.25) is 0 Å². The first-order chi connectivity index (χ1) is 19.0. The van der Waals surface area contributed by atoms with Gasteiger partial charge in [0.15, 0.2) is 0 Å². The molecule has 0 N–H and O–H groups in total. The highest BCUT2D eigenvalue weighted by Crippen LogP contribution is 2.36. The zero-order valence-corrected chi connectivity index (χ0v) is 24.6. The molecule has 6 rings (SSSR count). The Morgan fingerprint density at radius 2 is 0.949 bits per heavy atom. The van der Waals surface area contributed by atoms with E-state index in [1.807, 2.05) is 0 Å². The summed E-state index contributed by atoms with van der Waals surface area (Å²) < 4.78 is 0. The summed E-state index contributed by atoms with van der Waals surface area (Å²) in [7, 11) is 0. The summed E-state index contributed by atoms with van der Waals surface area (Å²) in [5.41, 5.74) is 13.0. The largest absolute Gasteiger partial charge is 0.107 e. The normalized spacial score (nSPS) is 17.5. The molecule has 3 aromatic carbocycles. The Hall–Kier alpha value is -3.08. The second-order valence-corrected chi connectivity index (χ2v) is 12.3. The molecule has 0 unspecified atom stereocenters. The van der Waals surface area contributed by atoms with Gasteiger partial charge in [-0.1, -0.05) is 137 Å². The Morgan fingerprint density at radius 1 is 0.487 bits per heavy atom. The first-order valence-corrected chi connectivity index (χ1v) is 15.4. The van der Waals surface area contributed by atoms with E-state index < -0.39 is 0 Å². The number of rotatable bonds is 1. The Kier molecular flexibility index (Phi) is 11.1. The Morgan fingerprint density at radius 3 is 1.46 bits per heavy atom. The minimum atomic E-state index is -0.0281. The van der Waals surface area contributed by atoms with Crippen molar-refractivity contribution < 1.29 is 0 Å². The summed E-state index contributed by atoms with van der Waals surface area (Å²) in [5, 5.41) is 0. The molecule has 0 aromatic heterocycles. The fraction of sp³-hybridized carbons (Fsp3) is 0.410. The van der Waals surface area contributed by atoms with Gasteiger partial charge in [0.1, 0.15) is 0 Å². The van der Waals surface area contributed by atoms with Crippen LogP contribution in [0.4, 0.5) is 0 Å². The lowest BCUT2D eigenvalue weighted by atomic mass is 9.81. The SMILES string of the molecule is CC(C)(C)C1=C=C(c2ccccc2)c2ccc(cc2)CCCCCC/C=C/CCCCCCc2ccc1cc2. The van der Waals surface area contributed by atoms with Crippen LogP contribution in [-0.4, -0.2) is 0 Å². The molecule has 0 aliphatic heterocycles. The van der Waals surface area contributed by atoms with Crippen molar-refractivity contribution in [3.8, 4) is 0 Å². The van der Waals surface area contributed by atoms with E-state index in [9.17, 15) is 0 Å². The second kappa shape index (κ2) is 14.9. The molecule has 0 saturated heterocycles. The molecule has 0 saturated carbocycles. The highest BCUT2D eigenvalue weighted by atomic mass is 14.2. The summed E-state index contributed by atoms with van der Waals surface area (Å²) >= 11 is 0. The highest BCUT2D eigenvalue weighted by Gasteiger charge is 2.20. The van der Waals surface area contributed by atoms with Gasteiger partial charge in [0, 0.05) is 11.1 Å². The van der Waals surface area contributed by atoms with Gasteiger partial charge in [0.25, 0.3) is 0 Å². The maximum Gasteiger partial charge on any atom is 0.0312 e. The van der Waals surface area contributed by atoms with Crippen molar-refractivity contribution in [3.05, 3.63) is 125 Å². The molecule has 3 aromatic rings. The van der Waals surface area contributed by atoms with Gasteiger partial charge in [0.05, 0.1) is 0 Å². The number of hydrogen-bond donors (Lipinski definition) is 0. The van der Waals surface area contributed by atoms with Crippen LogP contribution < -0.4 is 0 Å². The second-order valence-electron chi connectivity index (χ2n) is 12.3. The first-order valence-electron chi connectivity index (χ1n) is 15.4. The maximum atomic E-state index is 3.95. The molecular formula is C39H48. The lowest BCUT2D eigenvalue weighted by Crippen LogP contribution is -2.08. The van der Waals surface area contributed by atoms with E-state index in [1.54, 1.807) is 0 Å². The van der Waals surface area contributed by atoms with Crippen LogP contribution >= 0.6 is 0 Å². The fourth-order valence-electron chi connectivity index (χ4n) is 5.54. The average Bonchev–Trinajstić information content (AvgIpc) is 2.94. The van der Waals surface area contributed by atoms with E-state index in [2.05, 4.69) is 118 Å². The van der Waals surface area contributed by atoms with Gasteiger partial charge < -0.3 is 0 Å². The first kappa shape index (κ1) is 28.9. The smallest absolute Gasteiger partial charge is 0.0312 e. The lowest BCUT2D eigenvalue weighted by Gasteiger charge is -2.22. The van der Waals surface area contributed by atoms with Crippen LogP contribution in [0, 0.1) is 5.41 Å². The van der Waals surface area contributed by atoms with Crippen molar-refractivity contribution in [2.45, 2.75) is 97.8 Å². The molecule has 0 radical (unpaired) electrons. The van der Waals surface area contributed by atoms with E-state index in [0.29, 0.717) is 0 Å². The summed E-state index contributed by atoms with van der Waals surface area (Å²) in [6.45, 7) is 6.92. The molecule has 3 aliphatic carbocycles. The van der Waals surface area contributed by atoms with Crippen molar-refractivity contribution in [2.24, 2.45) is 5.41 Å². The van der Waals surface area contributed by atoms with Crippen molar-refractivity contribution in [1.82, 2.24) is 0 Å². The van der Waals surface area contributed by atoms with Crippen LogP contribution in [-0.2, 0) is 12.8 Å². The molecule has 0 heterocycles. The van der Waals surface area contributed by atoms with E-state index in [0.717, 1.165) is 6.42 Å². The third-order valence-electron chi connectivity index (χ3n) is 7.89. The van der Waals surface area contributed by atoms with Crippen LogP contribution in [0.25, 0.3) is 11.1 Å². The lowest BCUT2D eigenvalue weighted by molar-refractivity contribution is 0.567. The van der Waals surface area contributed by atoms with E-state index in [4.69, 9.17) is 0 Å². The molecule has 0 fully saturated rings. The minimum absolute atomic E-state index is 0.0281. The van der Waals surface area contributed by atoms with Gasteiger partial charge in [-0.05, 0) is 84.6 Å². The molecule has 0 spiro atoms. The summed E-state index contributed by atoms with van der Waals surface area (Å²) in [6, 6.07) is 29.4. The van der Waals surface area contributed by atoms with E-state index in [1.165, 1.54) is 110 Å². The fourth-order valence-corrected chi connectivity index (χ4v) is 5.54. The standard InChI is InChI=1S/C39H48/c1-39(2,3)38-31-37(34-21-17-14-18-22-34)35-27-23-32(24-28-35)19-15-12-10-8-6-4-5-7-9-11-13-16-20-33-25-29-36(38)30-26-33/h4-5,14,17-18,21-30H,6-13,15-16,19-20H2,1-3H3/b5-4+. The van der Waals surface area contributed by atoms with Gasteiger partial charge in [-0.25, -0.2) is 0 Å². The van der Waals surface area contributed by atoms with Crippen molar-refractivity contribution in [3.63, 3.8) is 0 Å². The van der Waals surface area contributed by atoms with Gasteiger partial charge >= 0.3 is 0 Å². The highest BCUT2D eigenvalue weighted by molar-refractivity contribution is 5.85. The van der Waals surface area contributed by atoms with E-state index >= 15 is 0 Å². The van der Waals surface area contributed by atoms with Gasteiger partial charge in [0.2, 0.25) is 0 Å². The van der Waals surface area contributed by atoms with Crippen LogP contribution in [0.1, 0.15) is 113 Å². The summed E-state index contributed by atoms with van der Waals surface area (Å²) in [5.74, 6) is 0. The topological polar surface area (TPSA) is 0 Å². The predicted molar refractivity (Wildman–Crippen MR) is 171 cm³/mol. The zero-order chi connectivity index (χ0) is 27.3. The maximum absolute atomic E-state index is 3.95. The quantitative estimate of drug-likeness (QED) is 0.223. The number of aryl methyl sites for hydroxylation is 2. The summed E-state index contributed by atoms with van der Waals surface area (Å²) in [6.07, 6.45) is 20.2.